The van der Waals surface area contributed by atoms with Crippen LogP contribution in [-0.4, -0.2) is 6.10 Å². The first-order valence-electron chi connectivity index (χ1n) is 2.38. The van der Waals surface area contributed by atoms with E-state index in [2.05, 4.69) is 11.3 Å². The van der Waals surface area contributed by atoms with E-state index in [0.29, 0.717) is 0 Å². The Morgan fingerprint density at radius 2 is 2.33 bits per heavy atom. The molecule has 0 saturated carbocycles. The topological polar surface area (TPSA) is 56.8 Å². The largest absolute Gasteiger partial charge is 0.483 e. The first kappa shape index (κ1) is 7.52. The van der Waals surface area contributed by atoms with Gasteiger partial charge < -0.3 is 4.74 Å². The Morgan fingerprint density at radius 3 is 2.67 bits per heavy atom. The summed E-state index contributed by atoms with van der Waals surface area (Å²) in [5, 5.41) is 16.3. The summed E-state index contributed by atoms with van der Waals surface area (Å²) in [6.07, 6.45) is 0.584. The Hall–Kier alpha value is -1.48. The van der Waals surface area contributed by atoms with Crippen molar-refractivity contribution >= 4 is 0 Å². The molecule has 9 heavy (non-hydrogen) atoms. The Bertz CT molecular complexity index is 163. The molecule has 3 nitrogen and oxygen atoms in total. The number of ether oxygens (including phenoxy) is 1. The monoisotopic (exact) mass is 122 g/mol. The van der Waals surface area contributed by atoms with E-state index in [1.807, 2.05) is 6.07 Å². The summed E-state index contributed by atoms with van der Waals surface area (Å²) in [6, 6.07) is 3.60. The number of hydrogen-bond donors (Lipinski definition) is 0. The van der Waals surface area contributed by atoms with E-state index in [0.717, 1.165) is 6.26 Å². The molecule has 0 aliphatic heterocycles. The Morgan fingerprint density at radius 1 is 1.67 bits per heavy atom. The highest BCUT2D eigenvalue weighted by Crippen LogP contribution is 1.94. The zero-order valence-electron chi connectivity index (χ0n) is 4.87. The fourth-order valence-electron chi connectivity index (χ4n) is 0.323. The molecule has 0 radical (unpaired) electrons. The van der Waals surface area contributed by atoms with Crippen LogP contribution in [0, 0.1) is 22.7 Å². The summed E-state index contributed by atoms with van der Waals surface area (Å²) in [4.78, 5) is 0. The molecule has 0 heterocycles. The first-order chi connectivity index (χ1) is 4.35. The Labute approximate surface area is 53.8 Å². The van der Waals surface area contributed by atoms with Crippen molar-refractivity contribution in [2.24, 2.45) is 0 Å². The average Bonchev–Trinajstić information content (AvgIpc) is 1.88. The van der Waals surface area contributed by atoms with Gasteiger partial charge in [0, 0.05) is 0 Å². The van der Waals surface area contributed by atoms with Gasteiger partial charge in [-0.1, -0.05) is 6.58 Å². The van der Waals surface area contributed by atoms with Gasteiger partial charge in [0.05, 0.1) is 18.8 Å². The Kier molecular flexibility index (Phi) is 3.90. The zero-order valence-corrected chi connectivity index (χ0v) is 4.87. The second-order valence-corrected chi connectivity index (χ2v) is 1.28. The third-order valence-electron chi connectivity index (χ3n) is 0.681. The van der Waals surface area contributed by atoms with Gasteiger partial charge in [0.1, 0.15) is 6.07 Å². The molecule has 0 aromatic heterocycles. The minimum Gasteiger partial charge on any atom is -0.483 e. The third kappa shape index (κ3) is 3.13. The van der Waals surface area contributed by atoms with Crippen molar-refractivity contribution in [3.05, 3.63) is 12.8 Å². The molecule has 0 fully saturated rings. The normalized spacial score (nSPS) is 10.4. The van der Waals surface area contributed by atoms with Gasteiger partial charge in [-0.3, -0.25) is 0 Å². The Balaban J connectivity index is 3.60. The van der Waals surface area contributed by atoms with E-state index >= 15 is 0 Å². The van der Waals surface area contributed by atoms with Gasteiger partial charge in [-0.15, -0.1) is 0 Å². The molecule has 0 aromatic rings. The van der Waals surface area contributed by atoms with Crippen LogP contribution >= 0.6 is 0 Å². The number of nitrogens with zero attached hydrogens (tertiary/aromatic N) is 2. The first-order valence-corrected chi connectivity index (χ1v) is 2.38. The number of rotatable bonds is 3. The third-order valence-corrected chi connectivity index (χ3v) is 0.681. The van der Waals surface area contributed by atoms with Crippen molar-refractivity contribution in [3.8, 4) is 12.1 Å². The smallest absolute Gasteiger partial charge is 0.196 e. The number of nitriles is 2. The lowest BCUT2D eigenvalue weighted by molar-refractivity contribution is 0.198. The van der Waals surface area contributed by atoms with Crippen molar-refractivity contribution in [3.63, 3.8) is 0 Å². The van der Waals surface area contributed by atoms with E-state index in [1.165, 1.54) is 0 Å². The maximum atomic E-state index is 8.21. The summed E-state index contributed by atoms with van der Waals surface area (Å²) >= 11 is 0. The van der Waals surface area contributed by atoms with Crippen LogP contribution in [0.25, 0.3) is 0 Å². The lowest BCUT2D eigenvalue weighted by atomic mass is 10.3. The van der Waals surface area contributed by atoms with Gasteiger partial charge in [0.2, 0.25) is 0 Å². The van der Waals surface area contributed by atoms with Crippen LogP contribution in [0.5, 0.6) is 0 Å². The predicted molar refractivity (Wildman–Crippen MR) is 30.9 cm³/mol. The van der Waals surface area contributed by atoms with Crippen LogP contribution in [0.4, 0.5) is 0 Å². The highest BCUT2D eigenvalue weighted by Gasteiger charge is 2.02. The molecular weight excluding hydrogens is 116 g/mol. The highest BCUT2D eigenvalue weighted by molar-refractivity contribution is 4.92. The zero-order chi connectivity index (χ0) is 7.11. The lowest BCUT2D eigenvalue weighted by Gasteiger charge is -2.00. The second-order valence-electron chi connectivity index (χ2n) is 1.28. The molecule has 0 aromatic carbocycles. The van der Waals surface area contributed by atoms with Gasteiger partial charge in [-0.05, 0) is 0 Å². The molecule has 3 heteroatoms. The van der Waals surface area contributed by atoms with Crippen molar-refractivity contribution in [1.29, 1.82) is 10.5 Å². The van der Waals surface area contributed by atoms with Gasteiger partial charge in [0.25, 0.3) is 0 Å². The summed E-state index contributed by atoms with van der Waals surface area (Å²) < 4.78 is 4.61. The summed E-state index contributed by atoms with van der Waals surface area (Å²) in [6.45, 7) is 3.25. The van der Waals surface area contributed by atoms with Crippen molar-refractivity contribution < 1.29 is 4.74 Å². The molecule has 0 aliphatic rings. The van der Waals surface area contributed by atoms with E-state index in [4.69, 9.17) is 10.5 Å². The second kappa shape index (κ2) is 4.67. The van der Waals surface area contributed by atoms with Gasteiger partial charge in [0.15, 0.2) is 6.10 Å². The van der Waals surface area contributed by atoms with E-state index < -0.39 is 6.10 Å². The summed E-state index contributed by atoms with van der Waals surface area (Å²) in [7, 11) is 0. The molecule has 1 unspecified atom stereocenters. The molecule has 1 atom stereocenters. The number of hydrogen-bond acceptors (Lipinski definition) is 3. The fraction of sp³-hybridized carbons (Fsp3) is 0.333. The van der Waals surface area contributed by atoms with E-state index in [1.54, 1.807) is 6.07 Å². The van der Waals surface area contributed by atoms with Crippen molar-refractivity contribution in [1.82, 2.24) is 0 Å². The standard InChI is InChI=1S/C6H6N2O/c1-2-9-6(5-8)3-4-7/h2,6H,1,3H2. The van der Waals surface area contributed by atoms with Crippen LogP contribution in [0.2, 0.25) is 0 Å². The summed E-state index contributed by atoms with van der Waals surface area (Å²) in [5.74, 6) is 0. The molecule has 0 amide bonds. The molecule has 0 spiro atoms. The fourth-order valence-corrected chi connectivity index (χ4v) is 0.323. The van der Waals surface area contributed by atoms with Crippen LogP contribution in [0.15, 0.2) is 12.8 Å². The highest BCUT2D eigenvalue weighted by atomic mass is 16.5. The molecule has 0 aliphatic carbocycles. The van der Waals surface area contributed by atoms with Gasteiger partial charge in [-0.25, -0.2) is 0 Å². The maximum absolute atomic E-state index is 8.21. The van der Waals surface area contributed by atoms with Crippen LogP contribution < -0.4 is 0 Å². The van der Waals surface area contributed by atoms with E-state index in [-0.39, 0.29) is 6.42 Å². The summed E-state index contributed by atoms with van der Waals surface area (Å²) in [5.41, 5.74) is 0. The lowest BCUT2D eigenvalue weighted by Crippen LogP contribution is -2.03. The molecule has 0 rings (SSSR count). The predicted octanol–water partition coefficient (Wildman–Crippen LogP) is 0.952. The van der Waals surface area contributed by atoms with Gasteiger partial charge >= 0.3 is 0 Å². The van der Waals surface area contributed by atoms with Crippen molar-refractivity contribution in [2.45, 2.75) is 12.5 Å². The van der Waals surface area contributed by atoms with Crippen molar-refractivity contribution in [2.75, 3.05) is 0 Å². The molecular formula is C6H6N2O. The van der Waals surface area contributed by atoms with Gasteiger partial charge in [-0.2, -0.15) is 10.5 Å². The minimum atomic E-state index is -0.660. The van der Waals surface area contributed by atoms with E-state index in [9.17, 15) is 0 Å². The minimum absolute atomic E-state index is 0.0858. The van der Waals surface area contributed by atoms with Crippen LogP contribution in [-0.2, 0) is 4.74 Å². The molecule has 0 N–H and O–H groups in total. The average molecular weight is 122 g/mol. The maximum Gasteiger partial charge on any atom is 0.196 e. The molecule has 0 saturated heterocycles. The van der Waals surface area contributed by atoms with Crippen LogP contribution in [0.3, 0.4) is 0 Å². The molecule has 46 valence electrons. The van der Waals surface area contributed by atoms with Crippen LogP contribution in [0.1, 0.15) is 6.42 Å². The SMILES string of the molecule is C=COC(C#N)CC#N. The quantitative estimate of drug-likeness (QED) is 0.523. The molecule has 0 bridgehead atoms.